The molecule has 1 aliphatic rings. The molecule has 0 amide bonds. The lowest BCUT2D eigenvalue weighted by Gasteiger charge is -2.17. The van der Waals surface area contributed by atoms with Crippen LogP contribution in [-0.2, 0) is 13.5 Å². The normalized spacial score (nSPS) is 17.6. The fraction of sp³-hybridized carbons (Fsp3) is 0.588. The summed E-state index contributed by atoms with van der Waals surface area (Å²) in [6.45, 7) is 0. The number of rotatable bonds is 6. The zero-order valence-corrected chi connectivity index (χ0v) is 12.9. The Labute approximate surface area is 126 Å². The van der Waals surface area contributed by atoms with Crippen molar-refractivity contribution >= 4 is 10.9 Å². The Hall–Kier alpha value is -1.39. The Kier molecular flexibility index (Phi) is 4.56. The molecular weight excluding hydrogens is 260 g/mol. The van der Waals surface area contributed by atoms with Crippen LogP contribution in [0.1, 0.15) is 44.2 Å². The highest BCUT2D eigenvalue weighted by atomic mass is 15.3. The van der Waals surface area contributed by atoms with E-state index in [1.165, 1.54) is 43.0 Å². The van der Waals surface area contributed by atoms with Crippen molar-refractivity contribution in [3.05, 3.63) is 30.0 Å². The van der Waals surface area contributed by atoms with E-state index in [0.717, 1.165) is 24.5 Å². The molecule has 114 valence electrons. The van der Waals surface area contributed by atoms with Gasteiger partial charge in [0, 0.05) is 24.9 Å². The molecule has 2 aromatic rings. The van der Waals surface area contributed by atoms with E-state index < -0.39 is 0 Å². The molecule has 4 heteroatoms. The molecule has 21 heavy (non-hydrogen) atoms. The molecule has 0 bridgehead atoms. The van der Waals surface area contributed by atoms with Gasteiger partial charge in [-0.05, 0) is 24.8 Å². The minimum atomic E-state index is 0.323. The summed E-state index contributed by atoms with van der Waals surface area (Å²) in [5.41, 5.74) is 5.35. The van der Waals surface area contributed by atoms with E-state index in [1.54, 1.807) is 0 Å². The summed E-state index contributed by atoms with van der Waals surface area (Å²) in [5, 5.41) is 5.93. The number of aromatic nitrogens is 2. The van der Waals surface area contributed by atoms with Crippen molar-refractivity contribution in [3.8, 4) is 0 Å². The third-order valence-electron chi connectivity index (χ3n) is 4.91. The molecule has 1 aromatic carbocycles. The van der Waals surface area contributed by atoms with Gasteiger partial charge in [0.1, 0.15) is 0 Å². The number of hydrogen-bond acceptors (Lipinski definition) is 3. The molecule has 0 spiro atoms. The van der Waals surface area contributed by atoms with Gasteiger partial charge in [0.05, 0.1) is 11.2 Å². The van der Waals surface area contributed by atoms with Crippen LogP contribution >= 0.6 is 0 Å². The van der Waals surface area contributed by atoms with E-state index in [9.17, 15) is 0 Å². The Balaban J connectivity index is 1.67. The molecule has 3 rings (SSSR count). The van der Waals surface area contributed by atoms with Crippen LogP contribution in [0.15, 0.2) is 24.3 Å². The average molecular weight is 286 g/mol. The molecule has 1 fully saturated rings. The SMILES string of the molecule is Cn1nc(CC(CCC2CCCC2)NN)c2ccccc21. The van der Waals surface area contributed by atoms with Gasteiger partial charge in [-0.3, -0.25) is 16.0 Å². The molecule has 1 heterocycles. The highest BCUT2D eigenvalue weighted by Crippen LogP contribution is 2.29. The van der Waals surface area contributed by atoms with Gasteiger partial charge in [-0.25, -0.2) is 0 Å². The predicted molar refractivity (Wildman–Crippen MR) is 86.7 cm³/mol. The number of nitrogens with two attached hydrogens (primary N) is 1. The number of fused-ring (bicyclic) bond motifs is 1. The Morgan fingerprint density at radius 3 is 2.86 bits per heavy atom. The van der Waals surface area contributed by atoms with Crippen molar-refractivity contribution in [2.75, 3.05) is 0 Å². The van der Waals surface area contributed by atoms with Gasteiger partial charge in [0.2, 0.25) is 0 Å². The molecule has 0 saturated heterocycles. The number of aryl methyl sites for hydroxylation is 1. The van der Waals surface area contributed by atoms with Gasteiger partial charge in [-0.2, -0.15) is 5.10 Å². The summed E-state index contributed by atoms with van der Waals surface area (Å²) in [7, 11) is 2.01. The number of nitrogens with one attached hydrogen (secondary N) is 1. The van der Waals surface area contributed by atoms with Crippen molar-refractivity contribution in [2.45, 2.75) is 51.0 Å². The van der Waals surface area contributed by atoms with Crippen LogP contribution in [0.3, 0.4) is 0 Å². The van der Waals surface area contributed by atoms with E-state index >= 15 is 0 Å². The Morgan fingerprint density at radius 2 is 2.10 bits per heavy atom. The number of hydrazine groups is 1. The van der Waals surface area contributed by atoms with Crippen LogP contribution in [0.25, 0.3) is 10.9 Å². The van der Waals surface area contributed by atoms with Crippen LogP contribution in [0.4, 0.5) is 0 Å². The van der Waals surface area contributed by atoms with Crippen LogP contribution < -0.4 is 11.3 Å². The lowest BCUT2D eigenvalue weighted by atomic mass is 9.96. The topological polar surface area (TPSA) is 55.9 Å². The first-order valence-corrected chi connectivity index (χ1v) is 8.14. The summed E-state index contributed by atoms with van der Waals surface area (Å²) >= 11 is 0. The fourth-order valence-corrected chi connectivity index (χ4v) is 3.65. The quantitative estimate of drug-likeness (QED) is 0.634. The zero-order valence-electron chi connectivity index (χ0n) is 12.9. The maximum atomic E-state index is 5.77. The number of benzene rings is 1. The van der Waals surface area contributed by atoms with Crippen LogP contribution in [0.2, 0.25) is 0 Å². The minimum absolute atomic E-state index is 0.323. The van der Waals surface area contributed by atoms with Crippen molar-refractivity contribution in [1.29, 1.82) is 0 Å². The second-order valence-electron chi connectivity index (χ2n) is 6.38. The van der Waals surface area contributed by atoms with Crippen LogP contribution in [-0.4, -0.2) is 15.8 Å². The van der Waals surface area contributed by atoms with Crippen LogP contribution in [0.5, 0.6) is 0 Å². The summed E-state index contributed by atoms with van der Waals surface area (Å²) < 4.78 is 1.97. The van der Waals surface area contributed by atoms with E-state index in [1.807, 2.05) is 11.7 Å². The minimum Gasteiger partial charge on any atom is -0.271 e. The molecule has 0 radical (unpaired) electrons. The predicted octanol–water partition coefficient (Wildman–Crippen LogP) is 2.92. The van der Waals surface area contributed by atoms with Crippen molar-refractivity contribution in [3.63, 3.8) is 0 Å². The summed E-state index contributed by atoms with van der Waals surface area (Å²) in [6.07, 6.45) is 8.98. The molecule has 4 nitrogen and oxygen atoms in total. The second kappa shape index (κ2) is 6.58. The first kappa shape index (κ1) is 14.5. The van der Waals surface area contributed by atoms with Crippen molar-refractivity contribution < 1.29 is 0 Å². The first-order valence-electron chi connectivity index (χ1n) is 8.14. The lowest BCUT2D eigenvalue weighted by Crippen LogP contribution is -2.37. The van der Waals surface area contributed by atoms with Gasteiger partial charge in [-0.15, -0.1) is 0 Å². The summed E-state index contributed by atoms with van der Waals surface area (Å²) in [4.78, 5) is 0. The monoisotopic (exact) mass is 286 g/mol. The van der Waals surface area contributed by atoms with E-state index in [4.69, 9.17) is 5.84 Å². The standard InChI is InChI=1S/C17H26N4/c1-21-17-9-5-4-8-15(17)16(20-21)12-14(19-18)11-10-13-6-2-3-7-13/h4-5,8-9,13-14,19H,2-3,6-7,10-12,18H2,1H3. The number of para-hydroxylation sites is 1. The maximum Gasteiger partial charge on any atom is 0.0719 e. The molecule has 1 unspecified atom stereocenters. The molecule has 1 saturated carbocycles. The summed E-state index contributed by atoms with van der Waals surface area (Å²) in [6, 6.07) is 8.74. The molecule has 1 aromatic heterocycles. The van der Waals surface area contributed by atoms with Crippen LogP contribution in [0, 0.1) is 5.92 Å². The van der Waals surface area contributed by atoms with Gasteiger partial charge in [0.15, 0.2) is 0 Å². The van der Waals surface area contributed by atoms with E-state index in [0.29, 0.717) is 6.04 Å². The maximum absolute atomic E-state index is 5.77. The van der Waals surface area contributed by atoms with Gasteiger partial charge in [-0.1, -0.05) is 43.9 Å². The first-order chi connectivity index (χ1) is 10.3. The number of hydrogen-bond donors (Lipinski definition) is 2. The third-order valence-corrected chi connectivity index (χ3v) is 4.91. The summed E-state index contributed by atoms with van der Waals surface area (Å²) in [5.74, 6) is 6.69. The smallest absolute Gasteiger partial charge is 0.0719 e. The molecule has 1 aliphatic carbocycles. The van der Waals surface area contributed by atoms with E-state index in [2.05, 4.69) is 34.8 Å². The molecule has 1 atom stereocenters. The van der Waals surface area contributed by atoms with Gasteiger partial charge >= 0.3 is 0 Å². The lowest BCUT2D eigenvalue weighted by molar-refractivity contribution is 0.405. The molecular formula is C17H26N4. The molecule has 3 N–H and O–H groups in total. The van der Waals surface area contributed by atoms with Gasteiger partial charge < -0.3 is 0 Å². The fourth-order valence-electron chi connectivity index (χ4n) is 3.65. The van der Waals surface area contributed by atoms with Crippen molar-refractivity contribution in [2.24, 2.45) is 18.8 Å². The van der Waals surface area contributed by atoms with Crippen molar-refractivity contribution in [1.82, 2.24) is 15.2 Å². The Morgan fingerprint density at radius 1 is 1.33 bits per heavy atom. The third kappa shape index (κ3) is 3.27. The Bertz CT molecular complexity index is 583. The molecule has 0 aliphatic heterocycles. The largest absolute Gasteiger partial charge is 0.271 e. The number of nitrogens with zero attached hydrogens (tertiary/aromatic N) is 2. The van der Waals surface area contributed by atoms with E-state index in [-0.39, 0.29) is 0 Å². The second-order valence-corrected chi connectivity index (χ2v) is 6.38. The highest BCUT2D eigenvalue weighted by molar-refractivity contribution is 5.81. The highest BCUT2D eigenvalue weighted by Gasteiger charge is 2.18. The average Bonchev–Trinajstić information content (AvgIpc) is 3.13. The zero-order chi connectivity index (χ0) is 14.7. The van der Waals surface area contributed by atoms with Gasteiger partial charge in [0.25, 0.3) is 0 Å².